The number of hydrogen-bond donors (Lipinski definition) is 2. The van der Waals surface area contributed by atoms with Crippen molar-refractivity contribution in [1.29, 1.82) is 0 Å². The van der Waals surface area contributed by atoms with Crippen molar-refractivity contribution in [3.63, 3.8) is 0 Å². The summed E-state index contributed by atoms with van der Waals surface area (Å²) in [5.41, 5.74) is 9.82. The van der Waals surface area contributed by atoms with Crippen LogP contribution >= 0.6 is 0 Å². The molecule has 7 nitrogen and oxygen atoms in total. The maximum atomic E-state index is 11.3. The maximum Gasteiger partial charge on any atom is 0.314 e. The van der Waals surface area contributed by atoms with Gasteiger partial charge in [-0.3, -0.25) is 4.90 Å². The number of carbonyl (C=O) groups is 1. The van der Waals surface area contributed by atoms with Crippen LogP contribution in [-0.4, -0.2) is 69.3 Å². The molecule has 1 aromatic heterocycles. The monoisotopic (exact) mass is 345 g/mol. The summed E-state index contributed by atoms with van der Waals surface area (Å²) in [6.07, 6.45) is 2.19. The molecule has 0 aliphatic carbocycles. The first-order valence-electron chi connectivity index (χ1n) is 8.81. The van der Waals surface area contributed by atoms with Gasteiger partial charge in [-0.15, -0.1) is 0 Å². The van der Waals surface area contributed by atoms with E-state index in [4.69, 9.17) is 5.73 Å². The van der Waals surface area contributed by atoms with Crippen molar-refractivity contribution < 1.29 is 9.90 Å². The van der Waals surface area contributed by atoms with Crippen LogP contribution in [0.25, 0.3) is 11.0 Å². The van der Waals surface area contributed by atoms with Gasteiger partial charge in [0.05, 0.1) is 30.0 Å². The molecule has 2 amide bonds. The van der Waals surface area contributed by atoms with Crippen LogP contribution in [0.4, 0.5) is 4.79 Å². The third-order valence-electron chi connectivity index (χ3n) is 5.01. The quantitative estimate of drug-likeness (QED) is 0.869. The third kappa shape index (κ3) is 4.11. The number of carbonyl (C=O) groups excluding carboxylic acids is 1. The molecular formula is C18H27N5O2. The average Bonchev–Trinajstić information content (AvgIpc) is 2.78. The third-order valence-corrected chi connectivity index (χ3v) is 5.01. The summed E-state index contributed by atoms with van der Waals surface area (Å²) in [5.74, 6) is 0. The van der Waals surface area contributed by atoms with Gasteiger partial charge in [0, 0.05) is 26.2 Å². The Morgan fingerprint density at radius 1 is 1.20 bits per heavy atom. The molecule has 1 aliphatic heterocycles. The molecule has 0 bridgehead atoms. The molecule has 1 aromatic carbocycles. The molecule has 1 aliphatic rings. The summed E-state index contributed by atoms with van der Waals surface area (Å²) in [6.45, 7) is 8.17. The molecule has 3 N–H and O–H groups in total. The summed E-state index contributed by atoms with van der Waals surface area (Å²) >= 11 is 0. The fourth-order valence-corrected chi connectivity index (χ4v) is 3.42. The van der Waals surface area contributed by atoms with Crippen molar-refractivity contribution in [1.82, 2.24) is 19.4 Å². The number of primary amides is 1. The average molecular weight is 345 g/mol. The van der Waals surface area contributed by atoms with Gasteiger partial charge < -0.3 is 20.3 Å². The van der Waals surface area contributed by atoms with E-state index in [1.54, 1.807) is 11.2 Å². The zero-order chi connectivity index (χ0) is 18.0. The molecule has 1 saturated heterocycles. The van der Waals surface area contributed by atoms with E-state index >= 15 is 0 Å². The van der Waals surface area contributed by atoms with Crippen molar-refractivity contribution in [2.45, 2.75) is 32.9 Å². The van der Waals surface area contributed by atoms with Crippen molar-refractivity contribution in [3.05, 3.63) is 29.6 Å². The van der Waals surface area contributed by atoms with Gasteiger partial charge in [0.25, 0.3) is 0 Å². The molecule has 3 rings (SSSR count). The number of amides is 2. The number of aliphatic hydroxyl groups is 1. The first-order valence-corrected chi connectivity index (χ1v) is 8.81. The Morgan fingerprint density at radius 3 is 2.72 bits per heavy atom. The molecule has 0 spiro atoms. The summed E-state index contributed by atoms with van der Waals surface area (Å²) in [5, 5.41) is 10.5. The first kappa shape index (κ1) is 17.7. The summed E-state index contributed by atoms with van der Waals surface area (Å²) in [4.78, 5) is 19.6. The number of β-amino-alcohol motifs (C(OH)–C–C–N with tert-alkyl or cyclic N) is 1. The highest BCUT2D eigenvalue weighted by Gasteiger charge is 2.19. The number of urea groups is 1. The molecule has 2 heterocycles. The Morgan fingerprint density at radius 2 is 1.96 bits per heavy atom. The molecule has 1 atom stereocenters. The Balaban J connectivity index is 1.62. The Kier molecular flexibility index (Phi) is 5.24. The van der Waals surface area contributed by atoms with Gasteiger partial charge in [0.15, 0.2) is 0 Å². The second-order valence-corrected chi connectivity index (χ2v) is 6.96. The second-order valence-electron chi connectivity index (χ2n) is 6.96. The Labute approximate surface area is 148 Å². The molecule has 25 heavy (non-hydrogen) atoms. The molecule has 136 valence electrons. The number of hydrogen-bond acceptors (Lipinski definition) is 4. The molecule has 0 radical (unpaired) electrons. The molecule has 0 saturated carbocycles. The van der Waals surface area contributed by atoms with Crippen molar-refractivity contribution in [2.24, 2.45) is 5.73 Å². The summed E-state index contributed by atoms with van der Waals surface area (Å²) in [7, 11) is 0. The normalized spacial score (nSPS) is 17.6. The minimum Gasteiger partial charge on any atom is -0.390 e. The minimum absolute atomic E-state index is 0.363. The zero-order valence-corrected chi connectivity index (χ0v) is 15.0. The summed E-state index contributed by atoms with van der Waals surface area (Å²) < 4.78 is 2.01. The van der Waals surface area contributed by atoms with Crippen molar-refractivity contribution >= 4 is 17.1 Å². The van der Waals surface area contributed by atoms with Crippen LogP contribution in [-0.2, 0) is 6.54 Å². The highest BCUT2D eigenvalue weighted by Crippen LogP contribution is 2.19. The number of benzene rings is 1. The number of nitrogens with two attached hydrogens (primary N) is 1. The van der Waals surface area contributed by atoms with E-state index < -0.39 is 6.10 Å². The van der Waals surface area contributed by atoms with Crippen LogP contribution < -0.4 is 5.73 Å². The standard InChI is InChI=1S/C18H27N5O2/c1-13-8-16-17(9-14(13)2)23(12-20-16)11-15(24)10-21-4-3-5-22(7-6-21)18(19)25/h8-9,12,15,24H,3-7,10-11H2,1-2H3,(H2,19,25). The fourth-order valence-electron chi connectivity index (χ4n) is 3.42. The Hall–Kier alpha value is -2.12. The van der Waals surface area contributed by atoms with Gasteiger partial charge in [0.2, 0.25) is 0 Å². The topological polar surface area (TPSA) is 87.6 Å². The predicted molar refractivity (Wildman–Crippen MR) is 97.4 cm³/mol. The van der Waals surface area contributed by atoms with Gasteiger partial charge in [-0.1, -0.05) is 0 Å². The molecule has 1 fully saturated rings. The second kappa shape index (κ2) is 7.41. The SMILES string of the molecule is Cc1cc2ncn(CC(O)CN3CCCN(C(N)=O)CC3)c2cc1C. The maximum absolute atomic E-state index is 11.3. The van der Waals surface area contributed by atoms with E-state index in [-0.39, 0.29) is 6.03 Å². The van der Waals surface area contributed by atoms with Crippen LogP contribution in [0.2, 0.25) is 0 Å². The van der Waals surface area contributed by atoms with Crippen LogP contribution in [0.5, 0.6) is 0 Å². The number of aryl methyl sites for hydroxylation is 2. The van der Waals surface area contributed by atoms with Gasteiger partial charge in [-0.2, -0.15) is 0 Å². The highest BCUT2D eigenvalue weighted by atomic mass is 16.3. The molecular weight excluding hydrogens is 318 g/mol. The zero-order valence-electron chi connectivity index (χ0n) is 15.0. The predicted octanol–water partition coefficient (Wildman–Crippen LogP) is 1.10. The van der Waals surface area contributed by atoms with Crippen LogP contribution in [0, 0.1) is 13.8 Å². The lowest BCUT2D eigenvalue weighted by atomic mass is 10.1. The van der Waals surface area contributed by atoms with E-state index in [2.05, 4.69) is 35.9 Å². The number of rotatable bonds is 4. The van der Waals surface area contributed by atoms with Gasteiger partial charge >= 0.3 is 6.03 Å². The Bertz CT molecular complexity index is 757. The van der Waals surface area contributed by atoms with Crippen molar-refractivity contribution in [2.75, 3.05) is 32.7 Å². The number of imidazole rings is 1. The van der Waals surface area contributed by atoms with Crippen molar-refractivity contribution in [3.8, 4) is 0 Å². The van der Waals surface area contributed by atoms with Crippen LogP contribution in [0.15, 0.2) is 18.5 Å². The minimum atomic E-state index is -0.487. The lowest BCUT2D eigenvalue weighted by Gasteiger charge is -2.24. The molecule has 2 aromatic rings. The van der Waals surface area contributed by atoms with E-state index in [0.717, 1.165) is 30.5 Å². The fraction of sp³-hybridized carbons (Fsp3) is 0.556. The van der Waals surface area contributed by atoms with Gasteiger partial charge in [-0.25, -0.2) is 9.78 Å². The number of nitrogens with zero attached hydrogens (tertiary/aromatic N) is 4. The van der Waals surface area contributed by atoms with Gasteiger partial charge in [-0.05, 0) is 50.1 Å². The van der Waals surface area contributed by atoms with Crippen LogP contribution in [0.3, 0.4) is 0 Å². The number of aliphatic hydroxyl groups excluding tert-OH is 1. The highest BCUT2D eigenvalue weighted by molar-refractivity contribution is 5.77. The lowest BCUT2D eigenvalue weighted by Crippen LogP contribution is -2.40. The molecule has 7 heteroatoms. The smallest absolute Gasteiger partial charge is 0.314 e. The lowest BCUT2D eigenvalue weighted by molar-refractivity contribution is 0.101. The summed E-state index contributed by atoms with van der Waals surface area (Å²) in [6, 6.07) is 3.85. The van der Waals surface area contributed by atoms with E-state index in [1.165, 1.54) is 11.1 Å². The molecule has 1 unspecified atom stereocenters. The van der Waals surface area contributed by atoms with E-state index in [0.29, 0.717) is 26.2 Å². The number of aromatic nitrogens is 2. The van der Waals surface area contributed by atoms with E-state index in [1.807, 2.05) is 4.57 Å². The van der Waals surface area contributed by atoms with Crippen LogP contribution in [0.1, 0.15) is 17.5 Å². The largest absolute Gasteiger partial charge is 0.390 e. The number of fused-ring (bicyclic) bond motifs is 1. The van der Waals surface area contributed by atoms with E-state index in [9.17, 15) is 9.90 Å². The first-order chi connectivity index (χ1) is 11.9. The van der Waals surface area contributed by atoms with Gasteiger partial charge in [0.1, 0.15) is 0 Å².